The second-order valence-electron chi connectivity index (χ2n) is 12.4. The molecule has 3 unspecified atom stereocenters. The number of carbonyl (C=O) groups is 1. The summed E-state index contributed by atoms with van der Waals surface area (Å²) in [5.41, 5.74) is 5.75. The molecule has 0 spiro atoms. The van der Waals surface area contributed by atoms with E-state index in [0.29, 0.717) is 35.5 Å². The van der Waals surface area contributed by atoms with Gasteiger partial charge < -0.3 is 13.9 Å². The van der Waals surface area contributed by atoms with Crippen molar-refractivity contribution in [1.82, 2.24) is 20.4 Å². The SMILES string of the molecule is CCCC(Cc1cccc(-c2nnc(-c3ccc(C(O)C(C)CCC)cc3)o2)c1)C(=O)c1ccc(-c2nnc(-c3ccccc3)o2)cc1. The van der Waals surface area contributed by atoms with Gasteiger partial charge in [-0.15, -0.1) is 20.4 Å². The van der Waals surface area contributed by atoms with Gasteiger partial charge in [0, 0.05) is 33.7 Å². The molecule has 0 fully saturated rings. The molecule has 0 amide bonds. The maximum atomic E-state index is 13.7. The van der Waals surface area contributed by atoms with Gasteiger partial charge in [0.1, 0.15) is 0 Å². The molecule has 2 heterocycles. The van der Waals surface area contributed by atoms with Crippen LogP contribution in [0.5, 0.6) is 0 Å². The van der Waals surface area contributed by atoms with E-state index in [9.17, 15) is 9.90 Å². The van der Waals surface area contributed by atoms with Crippen molar-refractivity contribution in [3.63, 3.8) is 0 Å². The molecule has 8 nitrogen and oxygen atoms in total. The van der Waals surface area contributed by atoms with Crippen LogP contribution in [0.15, 0.2) is 112 Å². The van der Waals surface area contributed by atoms with E-state index in [-0.39, 0.29) is 17.6 Å². The molecule has 6 rings (SSSR count). The monoisotopic (exact) mass is 640 g/mol. The predicted molar refractivity (Wildman–Crippen MR) is 186 cm³/mol. The molecule has 3 atom stereocenters. The van der Waals surface area contributed by atoms with E-state index in [2.05, 4.69) is 41.2 Å². The smallest absolute Gasteiger partial charge is 0.248 e. The minimum atomic E-state index is -0.506. The highest BCUT2D eigenvalue weighted by molar-refractivity contribution is 5.98. The minimum absolute atomic E-state index is 0.0991. The standard InChI is InChI=1S/C40H40N4O4/c1-4-10-26(3)35(45)28-16-20-31(21-17-28)39-43-44-40(48-39)34-15-9-12-27(25-34)24-33(11-5-2)36(46)29-18-22-32(23-19-29)38-42-41-37(47-38)30-13-7-6-8-14-30/h6-9,12-23,25-26,33,35,45H,4-5,10-11,24H2,1-3H3. The third-order valence-electron chi connectivity index (χ3n) is 8.73. The second-order valence-corrected chi connectivity index (χ2v) is 12.4. The first-order chi connectivity index (χ1) is 23.4. The Morgan fingerprint density at radius 1 is 0.646 bits per heavy atom. The lowest BCUT2D eigenvalue weighted by Gasteiger charge is -2.18. The van der Waals surface area contributed by atoms with Crippen LogP contribution in [-0.4, -0.2) is 31.3 Å². The van der Waals surface area contributed by atoms with Crippen LogP contribution in [0.25, 0.3) is 45.8 Å². The number of benzene rings is 4. The second kappa shape index (κ2) is 15.1. The Labute approximate surface area is 280 Å². The summed E-state index contributed by atoms with van der Waals surface area (Å²) in [6.07, 6.45) is 3.74. The number of hydrogen-bond donors (Lipinski definition) is 1. The Bertz CT molecular complexity index is 1930. The van der Waals surface area contributed by atoms with E-state index in [1.807, 2.05) is 103 Å². The molecule has 8 heteroatoms. The van der Waals surface area contributed by atoms with Crippen molar-refractivity contribution in [3.8, 4) is 45.8 Å². The van der Waals surface area contributed by atoms with Crippen molar-refractivity contribution in [2.75, 3.05) is 0 Å². The zero-order chi connectivity index (χ0) is 33.5. The fourth-order valence-corrected chi connectivity index (χ4v) is 6.06. The van der Waals surface area contributed by atoms with E-state index in [1.54, 1.807) is 0 Å². The first-order valence-corrected chi connectivity index (χ1v) is 16.7. The summed E-state index contributed by atoms with van der Waals surface area (Å²) in [6.45, 7) is 6.29. The number of aliphatic hydroxyl groups is 1. The molecule has 0 aliphatic carbocycles. The van der Waals surface area contributed by atoms with Crippen molar-refractivity contribution < 1.29 is 18.7 Å². The summed E-state index contributed by atoms with van der Waals surface area (Å²) in [6, 6.07) is 32.6. The van der Waals surface area contributed by atoms with Crippen molar-refractivity contribution in [1.29, 1.82) is 0 Å². The van der Waals surface area contributed by atoms with Crippen LogP contribution in [0.2, 0.25) is 0 Å². The van der Waals surface area contributed by atoms with Crippen LogP contribution in [-0.2, 0) is 6.42 Å². The van der Waals surface area contributed by atoms with Crippen LogP contribution < -0.4 is 0 Å². The van der Waals surface area contributed by atoms with Crippen molar-refractivity contribution >= 4 is 5.78 Å². The number of carbonyl (C=O) groups excluding carboxylic acids is 1. The molecule has 2 aromatic heterocycles. The van der Waals surface area contributed by atoms with Gasteiger partial charge in [0.25, 0.3) is 0 Å². The van der Waals surface area contributed by atoms with Crippen LogP contribution in [0, 0.1) is 11.8 Å². The molecule has 0 radical (unpaired) electrons. The lowest BCUT2D eigenvalue weighted by atomic mass is 9.87. The maximum Gasteiger partial charge on any atom is 0.248 e. The predicted octanol–water partition coefficient (Wildman–Crippen LogP) is 9.43. The summed E-state index contributed by atoms with van der Waals surface area (Å²) in [5, 5.41) is 27.6. The molecule has 0 aliphatic heterocycles. The number of ketones is 1. The Kier molecular flexibility index (Phi) is 10.3. The molecule has 0 bridgehead atoms. The van der Waals surface area contributed by atoms with Gasteiger partial charge in [0.2, 0.25) is 23.6 Å². The quantitative estimate of drug-likeness (QED) is 0.117. The van der Waals surface area contributed by atoms with Crippen molar-refractivity contribution in [3.05, 3.63) is 120 Å². The Hall–Kier alpha value is -5.21. The molecule has 48 heavy (non-hydrogen) atoms. The van der Waals surface area contributed by atoms with Gasteiger partial charge in [-0.25, -0.2) is 0 Å². The average molecular weight is 641 g/mol. The fourth-order valence-electron chi connectivity index (χ4n) is 6.06. The van der Waals surface area contributed by atoms with Gasteiger partial charge in [-0.2, -0.15) is 0 Å². The molecule has 1 N–H and O–H groups in total. The molecule has 6 aromatic rings. The largest absolute Gasteiger partial charge is 0.416 e. The van der Waals surface area contributed by atoms with E-state index < -0.39 is 6.10 Å². The average Bonchev–Trinajstić information content (AvgIpc) is 3.83. The maximum absolute atomic E-state index is 13.7. The molecule has 0 saturated carbocycles. The Balaban J connectivity index is 1.13. The molecule has 4 aromatic carbocycles. The van der Waals surface area contributed by atoms with Crippen LogP contribution in [0.1, 0.15) is 74.0 Å². The summed E-state index contributed by atoms with van der Waals surface area (Å²) in [4.78, 5) is 13.7. The third-order valence-corrected chi connectivity index (χ3v) is 8.73. The normalized spacial score (nSPS) is 13.2. The highest BCUT2D eigenvalue weighted by Gasteiger charge is 2.22. The molecular weight excluding hydrogens is 600 g/mol. The Morgan fingerprint density at radius 2 is 1.17 bits per heavy atom. The Morgan fingerprint density at radius 3 is 1.75 bits per heavy atom. The third kappa shape index (κ3) is 7.50. The highest BCUT2D eigenvalue weighted by Crippen LogP contribution is 2.30. The number of aliphatic hydroxyl groups excluding tert-OH is 1. The van der Waals surface area contributed by atoms with Crippen molar-refractivity contribution in [2.45, 2.75) is 59.0 Å². The number of nitrogens with zero attached hydrogens (tertiary/aromatic N) is 4. The molecule has 0 saturated heterocycles. The van der Waals surface area contributed by atoms with E-state index in [4.69, 9.17) is 8.83 Å². The lowest BCUT2D eigenvalue weighted by molar-refractivity contribution is 0.0911. The first kappa shape index (κ1) is 32.7. The topological polar surface area (TPSA) is 115 Å². The summed E-state index contributed by atoms with van der Waals surface area (Å²) in [5.74, 6) is 1.79. The lowest BCUT2D eigenvalue weighted by Crippen LogP contribution is -2.17. The van der Waals surface area contributed by atoms with Gasteiger partial charge in [0.05, 0.1) is 6.10 Å². The summed E-state index contributed by atoms with van der Waals surface area (Å²) >= 11 is 0. The van der Waals surface area contributed by atoms with Crippen LogP contribution in [0.4, 0.5) is 0 Å². The van der Waals surface area contributed by atoms with Crippen molar-refractivity contribution in [2.24, 2.45) is 11.8 Å². The fraction of sp³-hybridized carbons (Fsp3) is 0.275. The van der Waals surface area contributed by atoms with Gasteiger partial charge in [-0.3, -0.25) is 4.79 Å². The van der Waals surface area contributed by atoms with Crippen LogP contribution in [0.3, 0.4) is 0 Å². The van der Waals surface area contributed by atoms with Gasteiger partial charge in [-0.1, -0.05) is 88.2 Å². The van der Waals surface area contributed by atoms with Gasteiger partial charge in [0.15, 0.2) is 5.78 Å². The summed E-state index contributed by atoms with van der Waals surface area (Å²) in [7, 11) is 0. The number of rotatable bonds is 14. The van der Waals surface area contributed by atoms with E-state index in [1.165, 1.54) is 0 Å². The molecular formula is C40H40N4O4. The minimum Gasteiger partial charge on any atom is -0.416 e. The highest BCUT2D eigenvalue weighted by atomic mass is 16.4. The number of hydrogen-bond acceptors (Lipinski definition) is 8. The first-order valence-electron chi connectivity index (χ1n) is 16.7. The molecule has 0 aliphatic rings. The van der Waals surface area contributed by atoms with Gasteiger partial charge in [-0.05, 0) is 84.8 Å². The molecule has 244 valence electrons. The van der Waals surface area contributed by atoms with E-state index >= 15 is 0 Å². The number of aromatic nitrogens is 4. The zero-order valence-electron chi connectivity index (χ0n) is 27.5. The van der Waals surface area contributed by atoms with E-state index in [0.717, 1.165) is 59.1 Å². The van der Waals surface area contributed by atoms with Crippen LogP contribution >= 0.6 is 0 Å². The number of Topliss-reactive ketones (excluding diaryl/α,β-unsaturated/α-hetero) is 1. The zero-order valence-corrected chi connectivity index (χ0v) is 27.5. The summed E-state index contributed by atoms with van der Waals surface area (Å²) < 4.78 is 12.0. The van der Waals surface area contributed by atoms with Gasteiger partial charge >= 0.3 is 0 Å².